The molecule has 224 valence electrons. The minimum absolute atomic E-state index is 0.0114. The molecule has 0 unspecified atom stereocenters. The maximum atomic E-state index is 13.6. The fourth-order valence-electron chi connectivity index (χ4n) is 6.18. The van der Waals surface area contributed by atoms with Crippen molar-refractivity contribution in [3.8, 4) is 0 Å². The highest BCUT2D eigenvalue weighted by Crippen LogP contribution is 2.58. The first-order chi connectivity index (χ1) is 18.4. The average Bonchev–Trinajstić information content (AvgIpc) is 3.41. The van der Waals surface area contributed by atoms with E-state index in [0.29, 0.717) is 19.6 Å². The molecule has 9 heteroatoms. The molecule has 0 aliphatic carbocycles. The molecule has 8 nitrogen and oxygen atoms in total. The van der Waals surface area contributed by atoms with E-state index in [1.807, 2.05) is 58.0 Å². The van der Waals surface area contributed by atoms with Gasteiger partial charge in [-0.2, -0.15) is 0 Å². The Hall–Kier alpha value is -1.78. The van der Waals surface area contributed by atoms with Crippen LogP contribution in [-0.4, -0.2) is 73.0 Å². The Kier molecular flexibility index (Phi) is 8.17. The zero-order chi connectivity index (χ0) is 29.9. The maximum Gasteiger partial charge on any atom is 0.338 e. The number of aliphatic hydroxyl groups is 1. The molecule has 1 amide bonds. The standard InChI is InChI=1S/C31H49NO7Si/c1-20(23(39-40(9,10)29(6,7)8)18-36-17-22-14-12-11-13-15-22)16-24-31(35)21(2)25(33)32-26(28(3,4)5)37-19-30(31,32)27(34)38-24/h11-15,20-21,23-24,26,35H,16-19H2,1-10H3/t20-,21-,23+,24+,26+,30-,31-/m1/s1. The van der Waals surface area contributed by atoms with Crippen LogP contribution in [0, 0.1) is 17.3 Å². The van der Waals surface area contributed by atoms with Crippen molar-refractivity contribution in [3.63, 3.8) is 0 Å². The number of nitrogens with zero attached hydrogens (tertiary/aromatic N) is 1. The second-order valence-corrected chi connectivity index (χ2v) is 19.4. The predicted octanol–water partition coefficient (Wildman–Crippen LogP) is 4.90. The molecule has 7 atom stereocenters. The lowest BCUT2D eigenvalue weighted by atomic mass is 9.72. The normalized spacial score (nSPS) is 32.2. The molecular formula is C31H49NO7Si. The zero-order valence-corrected chi connectivity index (χ0v) is 26.9. The van der Waals surface area contributed by atoms with Gasteiger partial charge in [0.15, 0.2) is 13.9 Å². The van der Waals surface area contributed by atoms with Gasteiger partial charge in [0, 0.05) is 5.41 Å². The van der Waals surface area contributed by atoms with E-state index in [2.05, 4.69) is 33.9 Å². The Morgan fingerprint density at radius 2 is 1.75 bits per heavy atom. The number of carbonyl (C=O) groups excluding carboxylic acids is 2. The summed E-state index contributed by atoms with van der Waals surface area (Å²) in [6, 6.07) is 10.0. The van der Waals surface area contributed by atoms with Gasteiger partial charge in [0.25, 0.3) is 0 Å². The van der Waals surface area contributed by atoms with Crippen molar-refractivity contribution in [1.29, 1.82) is 0 Å². The van der Waals surface area contributed by atoms with Gasteiger partial charge in [-0.05, 0) is 36.0 Å². The largest absolute Gasteiger partial charge is 0.457 e. The van der Waals surface area contributed by atoms with Gasteiger partial charge in [0.2, 0.25) is 5.91 Å². The first kappa shape index (κ1) is 31.2. The fraction of sp³-hybridized carbons (Fsp3) is 0.742. The topological polar surface area (TPSA) is 94.5 Å². The highest BCUT2D eigenvalue weighted by Gasteiger charge is 2.82. The number of ether oxygens (including phenoxy) is 3. The number of cyclic esters (lactones) is 1. The number of carbonyl (C=O) groups is 2. The summed E-state index contributed by atoms with van der Waals surface area (Å²) in [5.41, 5.74) is -2.60. The van der Waals surface area contributed by atoms with Crippen molar-refractivity contribution < 1.29 is 33.3 Å². The molecule has 3 fully saturated rings. The second kappa shape index (κ2) is 10.5. The number of hydrogen-bond acceptors (Lipinski definition) is 7. The summed E-state index contributed by atoms with van der Waals surface area (Å²) in [6.07, 6.45) is -1.44. The summed E-state index contributed by atoms with van der Waals surface area (Å²) in [7, 11) is -2.18. The smallest absolute Gasteiger partial charge is 0.338 e. The molecule has 3 heterocycles. The Bertz CT molecular complexity index is 1100. The number of hydrogen-bond donors (Lipinski definition) is 1. The molecule has 40 heavy (non-hydrogen) atoms. The highest BCUT2D eigenvalue weighted by molar-refractivity contribution is 6.74. The number of esters is 1. The van der Waals surface area contributed by atoms with Crippen LogP contribution in [0.15, 0.2) is 30.3 Å². The van der Waals surface area contributed by atoms with Gasteiger partial charge in [0.05, 0.1) is 31.8 Å². The Morgan fingerprint density at radius 3 is 2.33 bits per heavy atom. The van der Waals surface area contributed by atoms with E-state index in [1.54, 1.807) is 6.92 Å². The van der Waals surface area contributed by atoms with Gasteiger partial charge >= 0.3 is 5.97 Å². The van der Waals surface area contributed by atoms with E-state index in [9.17, 15) is 14.7 Å². The molecular weight excluding hydrogens is 526 g/mol. The van der Waals surface area contributed by atoms with Crippen molar-refractivity contribution in [2.45, 2.75) is 116 Å². The Labute approximate surface area is 240 Å². The molecule has 3 saturated heterocycles. The first-order valence-electron chi connectivity index (χ1n) is 14.6. The lowest BCUT2D eigenvalue weighted by Crippen LogP contribution is -2.63. The lowest BCUT2D eigenvalue weighted by molar-refractivity contribution is -0.158. The number of rotatable bonds is 9. The number of benzene rings is 1. The SMILES string of the molecule is C[C@H](C[C@@H]1OC(=O)[C@@]23CO[C@@H](C(C)(C)C)N2C(=O)[C@@H](C)[C@@]13O)[C@H](COCc1ccccc1)O[Si](C)(C)C(C)(C)C. The van der Waals surface area contributed by atoms with Crippen LogP contribution >= 0.6 is 0 Å². The first-order valence-corrected chi connectivity index (χ1v) is 17.5. The van der Waals surface area contributed by atoms with Gasteiger partial charge in [-0.1, -0.05) is 85.7 Å². The van der Waals surface area contributed by atoms with Crippen LogP contribution in [0.25, 0.3) is 0 Å². The van der Waals surface area contributed by atoms with Crippen molar-refractivity contribution in [2.75, 3.05) is 13.2 Å². The Balaban J connectivity index is 1.58. The quantitative estimate of drug-likeness (QED) is 0.331. The minimum Gasteiger partial charge on any atom is -0.457 e. The summed E-state index contributed by atoms with van der Waals surface area (Å²) in [5.74, 6) is -1.79. The average molecular weight is 576 g/mol. The summed E-state index contributed by atoms with van der Waals surface area (Å²) >= 11 is 0. The van der Waals surface area contributed by atoms with E-state index in [-0.39, 0.29) is 29.6 Å². The molecule has 0 aromatic heterocycles. The van der Waals surface area contributed by atoms with Crippen LogP contribution < -0.4 is 0 Å². The third-order valence-electron chi connectivity index (χ3n) is 9.71. The van der Waals surface area contributed by atoms with Crippen LogP contribution in [0.2, 0.25) is 18.1 Å². The second-order valence-electron chi connectivity index (χ2n) is 14.7. The van der Waals surface area contributed by atoms with Crippen molar-refractivity contribution >= 4 is 20.2 Å². The zero-order valence-electron chi connectivity index (χ0n) is 25.9. The third-order valence-corrected chi connectivity index (χ3v) is 14.2. The van der Waals surface area contributed by atoms with Crippen LogP contribution in [0.1, 0.15) is 67.4 Å². The molecule has 1 spiro atoms. The third kappa shape index (κ3) is 4.95. The number of amides is 1. The monoisotopic (exact) mass is 575 g/mol. The van der Waals surface area contributed by atoms with Gasteiger partial charge in [-0.3, -0.25) is 9.69 Å². The molecule has 1 aromatic rings. The lowest BCUT2D eigenvalue weighted by Gasteiger charge is -2.42. The van der Waals surface area contributed by atoms with Crippen molar-refractivity contribution in [3.05, 3.63) is 35.9 Å². The van der Waals surface area contributed by atoms with E-state index in [4.69, 9.17) is 18.6 Å². The molecule has 3 aliphatic rings. The molecule has 3 aliphatic heterocycles. The Morgan fingerprint density at radius 1 is 1.12 bits per heavy atom. The van der Waals surface area contributed by atoms with Gasteiger partial charge in [-0.25, -0.2) is 4.79 Å². The van der Waals surface area contributed by atoms with E-state index < -0.39 is 49.1 Å². The maximum absolute atomic E-state index is 13.6. The minimum atomic E-state index is -2.18. The predicted molar refractivity (Wildman–Crippen MR) is 155 cm³/mol. The summed E-state index contributed by atoms with van der Waals surface area (Å²) in [5, 5.41) is 12.3. The molecule has 1 N–H and O–H groups in total. The molecule has 1 aromatic carbocycles. The van der Waals surface area contributed by atoms with Crippen LogP contribution in [0.4, 0.5) is 0 Å². The molecule has 4 rings (SSSR count). The van der Waals surface area contributed by atoms with E-state index in [1.165, 1.54) is 4.90 Å². The van der Waals surface area contributed by atoms with Gasteiger partial charge < -0.3 is 23.7 Å². The fourth-order valence-corrected chi connectivity index (χ4v) is 7.60. The van der Waals surface area contributed by atoms with Gasteiger partial charge in [-0.15, -0.1) is 0 Å². The van der Waals surface area contributed by atoms with Crippen molar-refractivity contribution in [1.82, 2.24) is 4.90 Å². The highest BCUT2D eigenvalue weighted by atomic mass is 28.4. The van der Waals surface area contributed by atoms with Gasteiger partial charge in [0.1, 0.15) is 17.9 Å². The summed E-state index contributed by atoms with van der Waals surface area (Å²) in [4.78, 5) is 28.6. The molecule has 0 saturated carbocycles. The van der Waals surface area contributed by atoms with Crippen molar-refractivity contribution in [2.24, 2.45) is 17.3 Å². The van der Waals surface area contributed by atoms with Crippen LogP contribution in [-0.2, 0) is 34.8 Å². The van der Waals surface area contributed by atoms with E-state index in [0.717, 1.165) is 5.56 Å². The van der Waals surface area contributed by atoms with E-state index >= 15 is 0 Å². The van der Waals surface area contributed by atoms with Crippen LogP contribution in [0.3, 0.4) is 0 Å². The summed E-state index contributed by atoms with van der Waals surface area (Å²) in [6.45, 7) is 21.4. The molecule has 0 radical (unpaired) electrons. The molecule has 0 bridgehead atoms. The van der Waals surface area contributed by atoms with Crippen LogP contribution in [0.5, 0.6) is 0 Å². The summed E-state index contributed by atoms with van der Waals surface area (Å²) < 4.78 is 25.0.